The number of rotatable bonds is 9. The Morgan fingerprint density at radius 3 is 2.43 bits per heavy atom. The number of benzene rings is 2. The van der Waals surface area contributed by atoms with E-state index in [2.05, 4.69) is 15.5 Å². The molecular formula is C24H25N5O5S. The zero-order valence-electron chi connectivity index (χ0n) is 19.0. The molecule has 2 unspecified atom stereocenters. The van der Waals surface area contributed by atoms with E-state index in [1.165, 1.54) is 0 Å². The molecule has 1 amide bonds. The second kappa shape index (κ2) is 11.1. The van der Waals surface area contributed by atoms with Crippen molar-refractivity contribution in [2.75, 3.05) is 5.32 Å². The standard InChI is InChI=1S/C24H25N5O5S/c1-2-21-23(18-7-3-17(4-8-18)15-35(32)33)28-29(22(14-30)34-21)13-16-5-9-19(10-6-16)26-24(31)20-11-12-25-27-20/h3-12,14,21-22,35H,2,13,15H2,1H3,(H,25,27)(H,26,31). The van der Waals surface area contributed by atoms with E-state index in [1.807, 2.05) is 31.2 Å². The molecule has 3 aromatic rings. The lowest BCUT2D eigenvalue weighted by Crippen LogP contribution is -2.45. The van der Waals surface area contributed by atoms with Gasteiger partial charge in [0.1, 0.15) is 22.5 Å². The number of thiol groups is 1. The van der Waals surface area contributed by atoms with Crippen LogP contribution in [0.2, 0.25) is 0 Å². The number of amides is 1. The lowest BCUT2D eigenvalue weighted by Gasteiger charge is -2.35. The molecule has 10 nitrogen and oxygen atoms in total. The second-order valence-electron chi connectivity index (χ2n) is 7.94. The van der Waals surface area contributed by atoms with Gasteiger partial charge in [0.25, 0.3) is 5.91 Å². The molecule has 0 saturated heterocycles. The van der Waals surface area contributed by atoms with Crippen LogP contribution < -0.4 is 5.32 Å². The number of carbonyl (C=O) groups excluding carboxylic acids is 2. The Balaban J connectivity index is 1.52. The van der Waals surface area contributed by atoms with Crippen molar-refractivity contribution in [3.63, 3.8) is 0 Å². The van der Waals surface area contributed by atoms with Crippen molar-refractivity contribution in [3.05, 3.63) is 83.2 Å². The Bertz CT molecular complexity index is 1260. The first-order valence-electron chi connectivity index (χ1n) is 11.0. The number of anilines is 1. The molecular weight excluding hydrogens is 470 g/mol. The van der Waals surface area contributed by atoms with E-state index in [0.29, 0.717) is 29.9 Å². The van der Waals surface area contributed by atoms with Crippen molar-refractivity contribution in [3.8, 4) is 0 Å². The van der Waals surface area contributed by atoms with Gasteiger partial charge in [0.2, 0.25) is 6.23 Å². The molecule has 0 fully saturated rings. The number of nitrogens with one attached hydrogen (secondary N) is 2. The molecule has 4 rings (SSSR count). The van der Waals surface area contributed by atoms with E-state index in [-0.39, 0.29) is 23.5 Å². The molecule has 1 aliphatic heterocycles. The number of H-pyrrole nitrogens is 1. The van der Waals surface area contributed by atoms with Gasteiger partial charge in [0.15, 0.2) is 6.29 Å². The van der Waals surface area contributed by atoms with Crippen LogP contribution in [0.25, 0.3) is 0 Å². The lowest BCUT2D eigenvalue weighted by molar-refractivity contribution is -0.139. The Morgan fingerprint density at radius 2 is 1.83 bits per heavy atom. The van der Waals surface area contributed by atoms with Crippen LogP contribution in [0.15, 0.2) is 65.9 Å². The third kappa shape index (κ3) is 6.00. The fourth-order valence-electron chi connectivity index (χ4n) is 3.72. The SMILES string of the molecule is CCC1OC(C=O)N(Cc2ccc(NC(=O)c3cc[nH]n3)cc2)N=C1c1ccc(C[SH](=O)=O)cc1. The lowest BCUT2D eigenvalue weighted by atomic mass is 10.0. The van der Waals surface area contributed by atoms with Gasteiger partial charge in [-0.25, -0.2) is 8.42 Å². The van der Waals surface area contributed by atoms with Crippen LogP contribution in [0.3, 0.4) is 0 Å². The first-order valence-corrected chi connectivity index (χ1v) is 12.4. The van der Waals surface area contributed by atoms with Crippen LogP contribution in [0.1, 0.15) is 40.5 Å². The number of aromatic amines is 1. The third-order valence-electron chi connectivity index (χ3n) is 5.48. The summed E-state index contributed by atoms with van der Waals surface area (Å²) in [6.07, 6.45) is 1.70. The highest BCUT2D eigenvalue weighted by Gasteiger charge is 2.31. The summed E-state index contributed by atoms with van der Waals surface area (Å²) >= 11 is 0. The zero-order chi connectivity index (χ0) is 24.8. The maximum Gasteiger partial charge on any atom is 0.276 e. The molecule has 0 radical (unpaired) electrons. The summed E-state index contributed by atoms with van der Waals surface area (Å²) in [5, 5.41) is 15.5. The van der Waals surface area contributed by atoms with Gasteiger partial charge in [-0.2, -0.15) is 10.2 Å². The highest BCUT2D eigenvalue weighted by molar-refractivity contribution is 7.71. The minimum atomic E-state index is -2.50. The number of nitrogens with zero attached hydrogens (tertiary/aromatic N) is 3. The number of hydrogen-bond acceptors (Lipinski definition) is 8. The first-order chi connectivity index (χ1) is 17.0. The molecule has 1 aliphatic rings. The van der Waals surface area contributed by atoms with Crippen LogP contribution >= 0.6 is 0 Å². The van der Waals surface area contributed by atoms with Crippen LogP contribution in [0.5, 0.6) is 0 Å². The molecule has 2 N–H and O–H groups in total. The van der Waals surface area contributed by atoms with Crippen LogP contribution in [-0.2, 0) is 32.5 Å². The monoisotopic (exact) mass is 495 g/mol. The summed E-state index contributed by atoms with van der Waals surface area (Å²) < 4.78 is 28.0. The number of hydrogen-bond donors (Lipinski definition) is 3. The van der Waals surface area contributed by atoms with E-state index in [0.717, 1.165) is 17.4 Å². The van der Waals surface area contributed by atoms with Crippen molar-refractivity contribution < 1.29 is 22.7 Å². The summed E-state index contributed by atoms with van der Waals surface area (Å²) in [5.74, 6) is -0.342. The molecule has 2 heterocycles. The number of carbonyl (C=O) groups is 2. The summed E-state index contributed by atoms with van der Waals surface area (Å²) in [6.45, 7) is 2.26. The van der Waals surface area contributed by atoms with Crippen LogP contribution in [0, 0.1) is 0 Å². The van der Waals surface area contributed by atoms with Gasteiger partial charge < -0.3 is 10.1 Å². The highest BCUT2D eigenvalue weighted by Crippen LogP contribution is 2.23. The maximum atomic E-state index is 12.2. The summed E-state index contributed by atoms with van der Waals surface area (Å²) in [7, 11) is -2.50. The number of aldehydes is 1. The first kappa shape index (κ1) is 24.3. The second-order valence-corrected chi connectivity index (χ2v) is 8.92. The molecule has 35 heavy (non-hydrogen) atoms. The largest absolute Gasteiger partial charge is 0.340 e. The number of aromatic nitrogens is 2. The molecule has 0 spiro atoms. The zero-order valence-corrected chi connectivity index (χ0v) is 19.9. The highest BCUT2D eigenvalue weighted by atomic mass is 32.2. The van der Waals surface area contributed by atoms with Gasteiger partial charge >= 0.3 is 0 Å². The van der Waals surface area contributed by atoms with Crippen molar-refractivity contribution >= 4 is 34.3 Å². The van der Waals surface area contributed by atoms with Crippen LogP contribution in [0.4, 0.5) is 5.69 Å². The van der Waals surface area contributed by atoms with E-state index in [1.54, 1.807) is 41.5 Å². The average molecular weight is 496 g/mol. The topological polar surface area (TPSA) is 134 Å². The molecule has 0 bridgehead atoms. The Kier molecular flexibility index (Phi) is 7.68. The van der Waals surface area contributed by atoms with Gasteiger partial charge in [-0.3, -0.25) is 19.7 Å². The average Bonchev–Trinajstić information content (AvgIpc) is 3.40. The Morgan fingerprint density at radius 1 is 1.11 bits per heavy atom. The fourth-order valence-corrected chi connectivity index (χ4v) is 4.22. The predicted octanol–water partition coefficient (Wildman–Crippen LogP) is 2.31. The minimum absolute atomic E-state index is 0.0205. The molecule has 2 aromatic carbocycles. The van der Waals surface area contributed by atoms with Crippen LogP contribution in [-0.4, -0.2) is 53.9 Å². The van der Waals surface area contributed by atoms with Gasteiger partial charge in [0, 0.05) is 17.4 Å². The molecule has 182 valence electrons. The molecule has 0 aliphatic carbocycles. The Labute approximate surface area is 203 Å². The van der Waals surface area contributed by atoms with E-state index in [4.69, 9.17) is 9.84 Å². The van der Waals surface area contributed by atoms with Gasteiger partial charge in [-0.1, -0.05) is 43.3 Å². The smallest absolute Gasteiger partial charge is 0.276 e. The van der Waals surface area contributed by atoms with E-state index in [9.17, 15) is 18.0 Å². The quantitative estimate of drug-likeness (QED) is 0.306. The van der Waals surface area contributed by atoms with Gasteiger partial charge in [-0.05, 0) is 35.7 Å². The van der Waals surface area contributed by atoms with Gasteiger partial charge in [0.05, 0.1) is 18.0 Å². The normalized spacial score (nSPS) is 17.8. The summed E-state index contributed by atoms with van der Waals surface area (Å²) in [6, 6.07) is 15.9. The maximum absolute atomic E-state index is 12.2. The van der Waals surface area contributed by atoms with Crippen molar-refractivity contribution in [2.45, 2.75) is 38.0 Å². The minimum Gasteiger partial charge on any atom is -0.340 e. The number of hydrazone groups is 1. The van der Waals surface area contributed by atoms with E-state index < -0.39 is 16.9 Å². The molecule has 1 aromatic heterocycles. The fraction of sp³-hybridized carbons (Fsp3) is 0.250. The van der Waals surface area contributed by atoms with Crippen molar-refractivity contribution in [1.29, 1.82) is 0 Å². The Hall–Kier alpha value is -3.83. The molecule has 11 heteroatoms. The van der Waals surface area contributed by atoms with Gasteiger partial charge in [-0.15, -0.1) is 0 Å². The summed E-state index contributed by atoms with van der Waals surface area (Å²) in [5.41, 5.74) is 3.93. The molecule has 0 saturated carbocycles. The molecule has 2 atom stereocenters. The predicted molar refractivity (Wildman–Crippen MR) is 131 cm³/mol. The summed E-state index contributed by atoms with van der Waals surface area (Å²) in [4.78, 5) is 23.9. The number of ether oxygens (including phenoxy) is 1. The van der Waals surface area contributed by atoms with Crippen molar-refractivity contribution in [2.24, 2.45) is 5.10 Å². The van der Waals surface area contributed by atoms with Crippen molar-refractivity contribution in [1.82, 2.24) is 15.2 Å². The van der Waals surface area contributed by atoms with E-state index >= 15 is 0 Å². The third-order valence-corrected chi connectivity index (χ3v) is 6.10.